The van der Waals surface area contributed by atoms with E-state index in [9.17, 15) is 13.2 Å². The number of hydrogen-bond acceptors (Lipinski definition) is 3. The SMILES string of the molecule is C[C@@H](Nc1nc(Cl)cc2ncn(Cc3ccc(C(F)(F)F)cc3)c12)C1CCC1. The van der Waals surface area contributed by atoms with Crippen LogP contribution in [0.5, 0.6) is 0 Å². The Morgan fingerprint density at radius 3 is 2.57 bits per heavy atom. The molecule has 1 atom stereocenters. The van der Waals surface area contributed by atoms with E-state index in [1.807, 2.05) is 4.57 Å². The minimum absolute atomic E-state index is 0.261. The Kier molecular flexibility index (Phi) is 4.95. The van der Waals surface area contributed by atoms with Crippen LogP contribution in [0.15, 0.2) is 36.7 Å². The number of hydrogen-bond donors (Lipinski definition) is 1. The van der Waals surface area contributed by atoms with E-state index in [1.165, 1.54) is 31.4 Å². The standard InChI is InChI=1S/C20H20ClF3N4/c1-12(14-3-2-4-14)26-19-18-16(9-17(21)27-19)25-11-28(18)10-13-5-7-15(8-6-13)20(22,23)24/h5-9,11-12,14H,2-4,10H2,1H3,(H,26,27)/t12-/m1/s1. The molecule has 0 amide bonds. The summed E-state index contributed by atoms with van der Waals surface area (Å²) in [7, 11) is 0. The van der Waals surface area contributed by atoms with Crippen LogP contribution in [-0.4, -0.2) is 20.6 Å². The van der Waals surface area contributed by atoms with Crippen molar-refractivity contribution < 1.29 is 13.2 Å². The lowest BCUT2D eigenvalue weighted by Crippen LogP contribution is -2.31. The van der Waals surface area contributed by atoms with Crippen LogP contribution in [0, 0.1) is 5.92 Å². The average molecular weight is 409 g/mol. The molecule has 1 aliphatic rings. The number of anilines is 1. The van der Waals surface area contributed by atoms with Gasteiger partial charge in [-0.1, -0.05) is 30.2 Å². The first-order valence-corrected chi connectivity index (χ1v) is 9.63. The molecule has 28 heavy (non-hydrogen) atoms. The second-order valence-electron chi connectivity index (χ2n) is 7.35. The van der Waals surface area contributed by atoms with Gasteiger partial charge >= 0.3 is 6.18 Å². The van der Waals surface area contributed by atoms with Crippen molar-refractivity contribution in [2.75, 3.05) is 5.32 Å². The first kappa shape index (κ1) is 19.1. The molecule has 0 unspecified atom stereocenters. The van der Waals surface area contributed by atoms with Crippen molar-refractivity contribution in [3.8, 4) is 0 Å². The Labute approximate surface area is 165 Å². The largest absolute Gasteiger partial charge is 0.416 e. The Bertz CT molecular complexity index is 978. The fourth-order valence-electron chi connectivity index (χ4n) is 3.56. The van der Waals surface area contributed by atoms with Gasteiger partial charge in [0.25, 0.3) is 0 Å². The van der Waals surface area contributed by atoms with Crippen LogP contribution >= 0.6 is 11.6 Å². The minimum Gasteiger partial charge on any atom is -0.365 e. The zero-order chi connectivity index (χ0) is 19.9. The molecule has 1 N–H and O–H groups in total. The van der Waals surface area contributed by atoms with Gasteiger partial charge in [0, 0.05) is 18.7 Å². The van der Waals surface area contributed by atoms with Gasteiger partial charge in [0.2, 0.25) is 0 Å². The molecule has 3 aromatic rings. The summed E-state index contributed by atoms with van der Waals surface area (Å²) in [5, 5.41) is 3.82. The molecule has 1 aliphatic carbocycles. The van der Waals surface area contributed by atoms with E-state index in [4.69, 9.17) is 11.6 Å². The number of pyridine rings is 1. The fourth-order valence-corrected chi connectivity index (χ4v) is 3.74. The molecule has 8 heteroatoms. The first-order chi connectivity index (χ1) is 13.3. The number of alkyl halides is 3. The normalized spacial score (nSPS) is 16.2. The van der Waals surface area contributed by atoms with Crippen LogP contribution in [0.1, 0.15) is 37.3 Å². The second kappa shape index (κ2) is 7.28. The van der Waals surface area contributed by atoms with Crippen molar-refractivity contribution in [3.63, 3.8) is 0 Å². The molecule has 4 nitrogen and oxygen atoms in total. The highest BCUT2D eigenvalue weighted by Crippen LogP contribution is 2.33. The highest BCUT2D eigenvalue weighted by atomic mass is 35.5. The van der Waals surface area contributed by atoms with E-state index in [-0.39, 0.29) is 6.04 Å². The summed E-state index contributed by atoms with van der Waals surface area (Å²) in [6.07, 6.45) is 0.974. The fraction of sp³-hybridized carbons (Fsp3) is 0.400. The molecule has 2 heterocycles. The Balaban J connectivity index is 1.64. The molecule has 1 saturated carbocycles. The molecule has 0 aliphatic heterocycles. The Morgan fingerprint density at radius 2 is 1.96 bits per heavy atom. The lowest BCUT2D eigenvalue weighted by Gasteiger charge is -2.32. The van der Waals surface area contributed by atoms with Gasteiger partial charge in [0.1, 0.15) is 10.7 Å². The van der Waals surface area contributed by atoms with Gasteiger partial charge in [-0.3, -0.25) is 0 Å². The van der Waals surface area contributed by atoms with Crippen LogP contribution in [0.25, 0.3) is 11.0 Å². The third-order valence-electron chi connectivity index (χ3n) is 5.42. The average Bonchev–Trinajstić information content (AvgIpc) is 2.95. The smallest absolute Gasteiger partial charge is 0.365 e. The summed E-state index contributed by atoms with van der Waals surface area (Å²) in [6.45, 7) is 2.53. The van der Waals surface area contributed by atoms with Crippen molar-refractivity contribution >= 4 is 28.5 Å². The van der Waals surface area contributed by atoms with Crippen LogP contribution in [0.2, 0.25) is 5.15 Å². The summed E-state index contributed by atoms with van der Waals surface area (Å²) in [4.78, 5) is 8.85. The van der Waals surface area contributed by atoms with E-state index in [1.54, 1.807) is 12.4 Å². The van der Waals surface area contributed by atoms with E-state index in [0.717, 1.165) is 23.2 Å². The first-order valence-electron chi connectivity index (χ1n) is 9.25. The van der Waals surface area contributed by atoms with Gasteiger partial charge in [-0.15, -0.1) is 0 Å². The van der Waals surface area contributed by atoms with E-state index < -0.39 is 11.7 Å². The molecule has 0 spiro atoms. The van der Waals surface area contributed by atoms with Gasteiger partial charge in [-0.05, 0) is 43.4 Å². The van der Waals surface area contributed by atoms with E-state index >= 15 is 0 Å². The van der Waals surface area contributed by atoms with Crippen molar-refractivity contribution in [1.82, 2.24) is 14.5 Å². The number of aromatic nitrogens is 3. The summed E-state index contributed by atoms with van der Waals surface area (Å²) in [5.74, 6) is 1.27. The zero-order valence-electron chi connectivity index (χ0n) is 15.3. The van der Waals surface area contributed by atoms with Gasteiger partial charge in [0.15, 0.2) is 5.82 Å². The molecule has 1 aromatic carbocycles. The molecule has 0 saturated heterocycles. The van der Waals surface area contributed by atoms with Crippen LogP contribution in [-0.2, 0) is 12.7 Å². The molecule has 2 aromatic heterocycles. The molecule has 148 valence electrons. The summed E-state index contributed by atoms with van der Waals surface area (Å²) in [5.41, 5.74) is 1.60. The third-order valence-corrected chi connectivity index (χ3v) is 5.61. The number of imidazole rings is 1. The molecular weight excluding hydrogens is 389 g/mol. The number of halogens is 4. The maximum absolute atomic E-state index is 12.8. The predicted octanol–water partition coefficient (Wildman–Crippen LogP) is 5.75. The molecular formula is C20H20ClF3N4. The second-order valence-corrected chi connectivity index (χ2v) is 7.74. The zero-order valence-corrected chi connectivity index (χ0v) is 16.1. The Hall–Kier alpha value is -2.28. The summed E-state index contributed by atoms with van der Waals surface area (Å²) >= 11 is 6.16. The van der Waals surface area contributed by atoms with Crippen LogP contribution < -0.4 is 5.32 Å². The summed E-state index contributed by atoms with van der Waals surface area (Å²) in [6, 6.07) is 7.13. The maximum atomic E-state index is 12.8. The molecule has 0 radical (unpaired) electrons. The summed E-state index contributed by atoms with van der Waals surface area (Å²) < 4.78 is 40.2. The van der Waals surface area contributed by atoms with Gasteiger partial charge in [0.05, 0.1) is 17.4 Å². The lowest BCUT2D eigenvalue weighted by molar-refractivity contribution is -0.137. The monoisotopic (exact) mass is 408 g/mol. The Morgan fingerprint density at radius 1 is 1.25 bits per heavy atom. The minimum atomic E-state index is -4.34. The van der Waals surface area contributed by atoms with Gasteiger partial charge in [-0.2, -0.15) is 13.2 Å². The van der Waals surface area contributed by atoms with E-state index in [0.29, 0.717) is 29.0 Å². The topological polar surface area (TPSA) is 42.7 Å². The van der Waals surface area contributed by atoms with Crippen molar-refractivity contribution in [3.05, 3.63) is 52.9 Å². The van der Waals surface area contributed by atoms with Crippen molar-refractivity contribution in [1.29, 1.82) is 0 Å². The molecule has 4 rings (SSSR count). The third kappa shape index (κ3) is 3.81. The number of nitrogens with zero attached hydrogens (tertiary/aromatic N) is 3. The molecule has 1 fully saturated rings. The van der Waals surface area contributed by atoms with Gasteiger partial charge < -0.3 is 9.88 Å². The number of nitrogens with one attached hydrogen (secondary N) is 1. The van der Waals surface area contributed by atoms with Crippen LogP contribution in [0.3, 0.4) is 0 Å². The van der Waals surface area contributed by atoms with Crippen molar-refractivity contribution in [2.24, 2.45) is 5.92 Å². The highest BCUT2D eigenvalue weighted by Gasteiger charge is 2.30. The van der Waals surface area contributed by atoms with Crippen molar-refractivity contribution in [2.45, 2.75) is 44.9 Å². The lowest BCUT2D eigenvalue weighted by atomic mass is 9.80. The quantitative estimate of drug-likeness (QED) is 0.546. The predicted molar refractivity (Wildman–Crippen MR) is 104 cm³/mol. The van der Waals surface area contributed by atoms with E-state index in [2.05, 4.69) is 22.2 Å². The number of rotatable bonds is 5. The highest BCUT2D eigenvalue weighted by molar-refractivity contribution is 6.30. The maximum Gasteiger partial charge on any atom is 0.416 e. The molecule has 0 bridgehead atoms. The number of benzene rings is 1. The van der Waals surface area contributed by atoms with Gasteiger partial charge in [-0.25, -0.2) is 9.97 Å². The number of fused-ring (bicyclic) bond motifs is 1. The van der Waals surface area contributed by atoms with Crippen LogP contribution in [0.4, 0.5) is 19.0 Å².